The monoisotopic (exact) mass is 262 g/mol. The first kappa shape index (κ1) is 15.9. The Labute approximate surface area is 102 Å². The van der Waals surface area contributed by atoms with Crippen molar-refractivity contribution in [2.24, 2.45) is 11.8 Å². The Morgan fingerprint density at radius 3 is 1.83 bits per heavy atom. The minimum atomic E-state index is -1.47. The number of carbonyl (C=O) groups is 4. The summed E-state index contributed by atoms with van der Waals surface area (Å²) in [5.41, 5.74) is 0. The fraction of sp³-hybridized carbons (Fsp3) is 0.600. The summed E-state index contributed by atoms with van der Waals surface area (Å²) in [5.74, 6) is -5.48. The Hall–Kier alpha value is -2.12. The van der Waals surface area contributed by atoms with Crippen molar-refractivity contribution in [1.82, 2.24) is 0 Å². The number of hydrogen-bond acceptors (Lipinski definition) is 6. The van der Waals surface area contributed by atoms with Crippen LogP contribution < -0.4 is 0 Å². The van der Waals surface area contributed by atoms with E-state index in [1.165, 1.54) is 13.8 Å². The SMILES string of the molecule is CC(OC=O)C(C(=O)O)C(OC=O)C(C)C(=O)O. The quantitative estimate of drug-likeness (QED) is 0.533. The summed E-state index contributed by atoms with van der Waals surface area (Å²) in [6, 6.07) is 0. The number of carboxylic acid groups (broad SMARTS) is 2. The van der Waals surface area contributed by atoms with Gasteiger partial charge in [0, 0.05) is 0 Å². The molecule has 0 spiro atoms. The number of rotatable bonds is 9. The molecule has 8 heteroatoms. The lowest BCUT2D eigenvalue weighted by molar-refractivity contribution is -0.167. The smallest absolute Gasteiger partial charge is 0.314 e. The molecule has 0 saturated heterocycles. The lowest BCUT2D eigenvalue weighted by Crippen LogP contribution is -2.45. The molecule has 0 radical (unpaired) electrons. The Bertz CT molecular complexity index is 326. The van der Waals surface area contributed by atoms with Crippen molar-refractivity contribution in [3.63, 3.8) is 0 Å². The number of hydrogen-bond donors (Lipinski definition) is 2. The predicted molar refractivity (Wildman–Crippen MR) is 55.5 cm³/mol. The van der Waals surface area contributed by atoms with Crippen molar-refractivity contribution in [2.45, 2.75) is 26.1 Å². The molecular weight excluding hydrogens is 248 g/mol. The van der Waals surface area contributed by atoms with E-state index in [1.54, 1.807) is 0 Å². The van der Waals surface area contributed by atoms with E-state index < -0.39 is 36.0 Å². The third kappa shape index (κ3) is 4.04. The van der Waals surface area contributed by atoms with Crippen molar-refractivity contribution in [2.75, 3.05) is 0 Å². The summed E-state index contributed by atoms with van der Waals surface area (Å²) in [6.07, 6.45) is -2.57. The normalized spacial score (nSPS) is 16.8. The third-order valence-corrected chi connectivity index (χ3v) is 2.51. The van der Waals surface area contributed by atoms with E-state index in [2.05, 4.69) is 9.47 Å². The number of carboxylic acids is 2. The Morgan fingerprint density at radius 2 is 1.50 bits per heavy atom. The van der Waals surface area contributed by atoms with E-state index in [0.29, 0.717) is 0 Å². The molecule has 0 heterocycles. The van der Waals surface area contributed by atoms with Gasteiger partial charge < -0.3 is 19.7 Å². The molecule has 2 N–H and O–H groups in total. The van der Waals surface area contributed by atoms with Crippen molar-refractivity contribution in [1.29, 1.82) is 0 Å². The van der Waals surface area contributed by atoms with Crippen LogP contribution in [0.4, 0.5) is 0 Å². The minimum absolute atomic E-state index is 0.0341. The van der Waals surface area contributed by atoms with E-state index in [1.807, 2.05) is 0 Å². The van der Waals surface area contributed by atoms with Gasteiger partial charge in [-0.3, -0.25) is 19.2 Å². The lowest BCUT2D eigenvalue weighted by Gasteiger charge is -2.28. The summed E-state index contributed by atoms with van der Waals surface area (Å²) in [4.78, 5) is 42.4. The summed E-state index contributed by atoms with van der Waals surface area (Å²) in [6.45, 7) is 2.47. The van der Waals surface area contributed by atoms with Gasteiger partial charge in [-0.05, 0) is 13.8 Å². The van der Waals surface area contributed by atoms with Crippen LogP contribution in [0.1, 0.15) is 13.8 Å². The van der Waals surface area contributed by atoms with Crippen molar-refractivity contribution in [3.05, 3.63) is 0 Å². The molecule has 4 unspecified atom stereocenters. The van der Waals surface area contributed by atoms with Crippen LogP contribution in [0.3, 0.4) is 0 Å². The zero-order chi connectivity index (χ0) is 14.3. The molecule has 0 aromatic carbocycles. The van der Waals surface area contributed by atoms with Crippen LogP contribution in [0.2, 0.25) is 0 Å². The second kappa shape index (κ2) is 7.25. The van der Waals surface area contributed by atoms with Gasteiger partial charge in [0.2, 0.25) is 0 Å². The van der Waals surface area contributed by atoms with Gasteiger partial charge in [0.1, 0.15) is 18.1 Å². The molecule has 0 aromatic rings. The van der Waals surface area contributed by atoms with Gasteiger partial charge in [-0.1, -0.05) is 0 Å². The van der Waals surface area contributed by atoms with Crippen LogP contribution in [0, 0.1) is 11.8 Å². The highest BCUT2D eigenvalue weighted by atomic mass is 16.5. The maximum Gasteiger partial charge on any atom is 0.314 e. The minimum Gasteiger partial charge on any atom is -0.481 e. The molecule has 0 rings (SSSR count). The highest BCUT2D eigenvalue weighted by molar-refractivity contribution is 5.76. The number of carbonyl (C=O) groups excluding carboxylic acids is 2. The van der Waals surface area contributed by atoms with E-state index in [4.69, 9.17) is 10.2 Å². The van der Waals surface area contributed by atoms with E-state index in [0.717, 1.165) is 0 Å². The first-order valence-electron chi connectivity index (χ1n) is 5.00. The first-order chi connectivity index (χ1) is 8.36. The van der Waals surface area contributed by atoms with Gasteiger partial charge in [-0.2, -0.15) is 0 Å². The molecule has 102 valence electrons. The standard InChI is InChI=1S/C10H14O8/c1-5(9(13)14)8(18-4-12)7(10(15)16)6(2)17-3-11/h3-8H,1-2H3,(H,13,14)(H,15,16). The largest absolute Gasteiger partial charge is 0.481 e. The van der Waals surface area contributed by atoms with Crippen molar-refractivity contribution >= 4 is 24.9 Å². The van der Waals surface area contributed by atoms with Gasteiger partial charge >= 0.3 is 11.9 Å². The molecule has 0 aromatic heterocycles. The predicted octanol–water partition coefficient (Wildman–Crippen LogP) is -0.489. The maximum atomic E-state index is 11.1. The molecule has 0 aliphatic carbocycles. The van der Waals surface area contributed by atoms with Crippen LogP contribution in [0.5, 0.6) is 0 Å². The van der Waals surface area contributed by atoms with Gasteiger partial charge in [0.05, 0.1) is 5.92 Å². The maximum absolute atomic E-state index is 11.1. The molecule has 0 amide bonds. The summed E-state index contributed by atoms with van der Waals surface area (Å²) in [5, 5.41) is 17.8. The van der Waals surface area contributed by atoms with Crippen LogP contribution in [-0.4, -0.2) is 47.3 Å². The van der Waals surface area contributed by atoms with Gasteiger partial charge in [-0.25, -0.2) is 0 Å². The van der Waals surface area contributed by atoms with Crippen LogP contribution in [0.15, 0.2) is 0 Å². The Kier molecular flexibility index (Phi) is 6.40. The fourth-order valence-electron chi connectivity index (χ4n) is 1.50. The molecule has 8 nitrogen and oxygen atoms in total. The zero-order valence-electron chi connectivity index (χ0n) is 9.81. The van der Waals surface area contributed by atoms with Gasteiger partial charge in [-0.15, -0.1) is 0 Å². The summed E-state index contributed by atoms with van der Waals surface area (Å²) in [7, 11) is 0. The summed E-state index contributed by atoms with van der Waals surface area (Å²) >= 11 is 0. The average Bonchev–Trinajstić information content (AvgIpc) is 2.27. The van der Waals surface area contributed by atoms with Crippen molar-refractivity contribution in [3.8, 4) is 0 Å². The topological polar surface area (TPSA) is 127 Å². The highest BCUT2D eigenvalue weighted by Gasteiger charge is 2.41. The van der Waals surface area contributed by atoms with Crippen LogP contribution in [0.25, 0.3) is 0 Å². The van der Waals surface area contributed by atoms with E-state index in [9.17, 15) is 19.2 Å². The van der Waals surface area contributed by atoms with E-state index in [-0.39, 0.29) is 12.9 Å². The highest BCUT2D eigenvalue weighted by Crippen LogP contribution is 2.22. The van der Waals surface area contributed by atoms with Gasteiger partial charge in [0.15, 0.2) is 0 Å². The first-order valence-corrected chi connectivity index (χ1v) is 5.00. The molecule has 0 aliphatic rings. The Morgan fingerprint density at radius 1 is 1.00 bits per heavy atom. The van der Waals surface area contributed by atoms with Crippen LogP contribution >= 0.6 is 0 Å². The fourth-order valence-corrected chi connectivity index (χ4v) is 1.50. The van der Waals surface area contributed by atoms with Gasteiger partial charge in [0.25, 0.3) is 12.9 Å². The second-order valence-electron chi connectivity index (χ2n) is 3.63. The molecule has 18 heavy (non-hydrogen) atoms. The van der Waals surface area contributed by atoms with Crippen molar-refractivity contribution < 1.29 is 38.9 Å². The number of aliphatic carboxylic acids is 2. The van der Waals surface area contributed by atoms with E-state index >= 15 is 0 Å². The average molecular weight is 262 g/mol. The summed E-state index contributed by atoms with van der Waals surface area (Å²) < 4.78 is 8.99. The lowest BCUT2D eigenvalue weighted by atomic mass is 9.88. The molecular formula is C10H14O8. The third-order valence-electron chi connectivity index (χ3n) is 2.51. The molecule has 0 saturated carbocycles. The number of ether oxygens (including phenoxy) is 2. The molecule has 0 bridgehead atoms. The Balaban J connectivity index is 5.21. The molecule has 0 fully saturated rings. The molecule has 0 aliphatic heterocycles. The second-order valence-corrected chi connectivity index (χ2v) is 3.63. The zero-order valence-corrected chi connectivity index (χ0v) is 9.81. The molecule has 4 atom stereocenters. The van der Waals surface area contributed by atoms with Crippen LogP contribution in [-0.2, 0) is 28.7 Å².